The summed E-state index contributed by atoms with van der Waals surface area (Å²) in [7, 11) is 0. The molecule has 3 heterocycles. The molecule has 0 atom stereocenters. The summed E-state index contributed by atoms with van der Waals surface area (Å²) >= 11 is 0. The van der Waals surface area contributed by atoms with Crippen LogP contribution in [0.2, 0.25) is 0 Å². The fourth-order valence-corrected chi connectivity index (χ4v) is 5.55. The standard InChI is InChI=1S/C27H32N2O2/c30-25(23-17-22-7-4-13-29-26(31)19-24(18-23)27(22)29)9-8-21-11-15-28(16-12-21)14-10-20-5-2-1-3-6-20/h1-3,5-6,17-18,21H,4,7-16,19H2. The molecule has 0 radical (unpaired) electrons. The average Bonchev–Trinajstić information content (AvgIpc) is 3.14. The van der Waals surface area contributed by atoms with Gasteiger partial charge in [0.1, 0.15) is 0 Å². The first kappa shape index (κ1) is 20.4. The third-order valence-corrected chi connectivity index (χ3v) is 7.38. The molecule has 1 saturated heterocycles. The van der Waals surface area contributed by atoms with Crippen molar-refractivity contribution in [3.8, 4) is 0 Å². The Morgan fingerprint density at radius 1 is 1.00 bits per heavy atom. The topological polar surface area (TPSA) is 40.6 Å². The zero-order valence-corrected chi connectivity index (χ0v) is 18.3. The van der Waals surface area contributed by atoms with Crippen molar-refractivity contribution in [2.45, 2.75) is 51.4 Å². The van der Waals surface area contributed by atoms with Gasteiger partial charge in [0, 0.05) is 25.1 Å². The van der Waals surface area contributed by atoms with Crippen LogP contribution in [-0.4, -0.2) is 42.8 Å². The monoisotopic (exact) mass is 416 g/mol. The van der Waals surface area contributed by atoms with E-state index in [4.69, 9.17) is 0 Å². The van der Waals surface area contributed by atoms with Crippen LogP contribution >= 0.6 is 0 Å². The van der Waals surface area contributed by atoms with E-state index >= 15 is 0 Å². The summed E-state index contributed by atoms with van der Waals surface area (Å²) in [5.41, 5.74) is 5.61. The Kier molecular flexibility index (Phi) is 5.91. The molecular weight excluding hydrogens is 384 g/mol. The summed E-state index contributed by atoms with van der Waals surface area (Å²) in [4.78, 5) is 29.7. The number of nitrogens with zero attached hydrogens (tertiary/aromatic N) is 2. The lowest BCUT2D eigenvalue weighted by Crippen LogP contribution is -2.35. The van der Waals surface area contributed by atoms with Crippen molar-refractivity contribution >= 4 is 17.4 Å². The minimum atomic E-state index is 0.194. The fourth-order valence-electron chi connectivity index (χ4n) is 5.55. The number of amides is 1. The SMILES string of the molecule is O=C(CCC1CCN(CCc2ccccc2)CC1)c1cc2c3c(c1)CC(=O)N3CCC2. The zero-order valence-electron chi connectivity index (χ0n) is 18.3. The lowest BCUT2D eigenvalue weighted by Gasteiger charge is -2.32. The molecule has 0 saturated carbocycles. The van der Waals surface area contributed by atoms with E-state index in [0.717, 1.165) is 68.7 Å². The summed E-state index contributed by atoms with van der Waals surface area (Å²) in [6, 6.07) is 14.8. The fraction of sp³-hybridized carbons (Fsp3) is 0.481. The molecule has 0 aromatic heterocycles. The Bertz CT molecular complexity index is 961. The van der Waals surface area contributed by atoms with Gasteiger partial charge in [-0.15, -0.1) is 0 Å². The number of carbonyl (C=O) groups excluding carboxylic acids is 2. The quantitative estimate of drug-likeness (QED) is 0.627. The number of hydrogen-bond acceptors (Lipinski definition) is 3. The van der Waals surface area contributed by atoms with Gasteiger partial charge in [-0.2, -0.15) is 0 Å². The summed E-state index contributed by atoms with van der Waals surface area (Å²) in [6.07, 6.45) is 7.57. The lowest BCUT2D eigenvalue weighted by atomic mass is 9.89. The third kappa shape index (κ3) is 4.45. The molecule has 1 amide bonds. The van der Waals surface area contributed by atoms with Crippen LogP contribution in [0.5, 0.6) is 0 Å². The van der Waals surface area contributed by atoms with Gasteiger partial charge < -0.3 is 9.80 Å². The van der Waals surface area contributed by atoms with Gasteiger partial charge in [0.25, 0.3) is 0 Å². The molecule has 31 heavy (non-hydrogen) atoms. The highest BCUT2D eigenvalue weighted by Crippen LogP contribution is 2.38. The van der Waals surface area contributed by atoms with Crippen LogP contribution in [0.1, 0.15) is 59.2 Å². The summed E-state index contributed by atoms with van der Waals surface area (Å²) < 4.78 is 0. The lowest BCUT2D eigenvalue weighted by molar-refractivity contribution is -0.117. The maximum absolute atomic E-state index is 13.0. The molecule has 4 nitrogen and oxygen atoms in total. The van der Waals surface area contributed by atoms with E-state index in [1.54, 1.807) is 0 Å². The number of hydrogen-bond donors (Lipinski definition) is 0. The van der Waals surface area contributed by atoms with E-state index in [1.807, 2.05) is 11.0 Å². The predicted octanol–water partition coefficient (Wildman–Crippen LogP) is 4.44. The van der Waals surface area contributed by atoms with E-state index in [2.05, 4.69) is 41.3 Å². The van der Waals surface area contributed by atoms with Crippen LogP contribution in [-0.2, 0) is 24.1 Å². The minimum absolute atomic E-state index is 0.194. The van der Waals surface area contributed by atoms with Gasteiger partial charge in [-0.25, -0.2) is 0 Å². The highest BCUT2D eigenvalue weighted by molar-refractivity contribution is 6.05. The Balaban J connectivity index is 1.11. The Labute approximate surface area is 185 Å². The number of aryl methyl sites for hydroxylation is 1. The number of anilines is 1. The van der Waals surface area contributed by atoms with E-state index in [0.29, 0.717) is 18.8 Å². The van der Waals surface area contributed by atoms with Gasteiger partial charge >= 0.3 is 0 Å². The molecule has 162 valence electrons. The van der Waals surface area contributed by atoms with Gasteiger partial charge in [0.2, 0.25) is 5.91 Å². The van der Waals surface area contributed by atoms with Gasteiger partial charge in [-0.1, -0.05) is 30.3 Å². The van der Waals surface area contributed by atoms with Gasteiger partial charge in [-0.3, -0.25) is 9.59 Å². The van der Waals surface area contributed by atoms with Crippen molar-refractivity contribution in [1.29, 1.82) is 0 Å². The van der Waals surface area contributed by atoms with E-state index < -0.39 is 0 Å². The molecule has 2 aromatic rings. The number of ketones is 1. The van der Waals surface area contributed by atoms with Crippen molar-refractivity contribution in [3.63, 3.8) is 0 Å². The normalized spacial score (nSPS) is 19.0. The van der Waals surface area contributed by atoms with Crippen LogP contribution < -0.4 is 4.90 Å². The van der Waals surface area contributed by atoms with Crippen LogP contribution in [0, 0.1) is 5.92 Å². The Morgan fingerprint density at radius 3 is 2.58 bits per heavy atom. The first-order chi connectivity index (χ1) is 15.2. The molecule has 4 heteroatoms. The zero-order chi connectivity index (χ0) is 21.2. The predicted molar refractivity (Wildman–Crippen MR) is 124 cm³/mol. The maximum atomic E-state index is 13.0. The molecular formula is C27H32N2O2. The van der Waals surface area contributed by atoms with Crippen LogP contribution in [0.4, 0.5) is 5.69 Å². The third-order valence-electron chi connectivity index (χ3n) is 7.38. The molecule has 0 aliphatic carbocycles. The molecule has 0 N–H and O–H groups in total. The van der Waals surface area contributed by atoms with Crippen molar-refractivity contribution < 1.29 is 9.59 Å². The van der Waals surface area contributed by atoms with Crippen molar-refractivity contribution in [1.82, 2.24) is 4.90 Å². The molecule has 0 bridgehead atoms. The second kappa shape index (κ2) is 8.96. The van der Waals surface area contributed by atoms with E-state index in [9.17, 15) is 9.59 Å². The first-order valence-electron chi connectivity index (χ1n) is 11.9. The molecule has 0 unspecified atom stereocenters. The molecule has 0 spiro atoms. The van der Waals surface area contributed by atoms with Crippen LogP contribution in [0.15, 0.2) is 42.5 Å². The first-order valence-corrected chi connectivity index (χ1v) is 11.9. The largest absolute Gasteiger partial charge is 0.312 e. The van der Waals surface area contributed by atoms with Gasteiger partial charge in [0.15, 0.2) is 5.78 Å². The van der Waals surface area contributed by atoms with E-state index in [-0.39, 0.29) is 11.7 Å². The Morgan fingerprint density at radius 2 is 1.77 bits per heavy atom. The molecule has 3 aliphatic rings. The summed E-state index contributed by atoms with van der Waals surface area (Å²) in [5, 5.41) is 0. The maximum Gasteiger partial charge on any atom is 0.231 e. The van der Waals surface area contributed by atoms with Crippen molar-refractivity contribution in [3.05, 3.63) is 64.7 Å². The highest BCUT2D eigenvalue weighted by atomic mass is 16.2. The van der Waals surface area contributed by atoms with Crippen molar-refractivity contribution in [2.75, 3.05) is 31.1 Å². The number of carbonyl (C=O) groups is 2. The second-order valence-corrected chi connectivity index (χ2v) is 9.45. The Hall–Kier alpha value is -2.46. The molecule has 2 aromatic carbocycles. The van der Waals surface area contributed by atoms with E-state index in [1.165, 1.54) is 24.0 Å². The summed E-state index contributed by atoms with van der Waals surface area (Å²) in [6.45, 7) is 4.25. The summed E-state index contributed by atoms with van der Waals surface area (Å²) in [5.74, 6) is 1.10. The molecule has 3 aliphatic heterocycles. The number of likely N-dealkylation sites (tertiary alicyclic amines) is 1. The van der Waals surface area contributed by atoms with Gasteiger partial charge in [0.05, 0.1) is 12.1 Å². The second-order valence-electron chi connectivity index (χ2n) is 9.45. The van der Waals surface area contributed by atoms with Gasteiger partial charge in [-0.05, 0) is 86.4 Å². The van der Waals surface area contributed by atoms with Crippen LogP contribution in [0.25, 0.3) is 0 Å². The average molecular weight is 417 g/mol. The number of Topliss-reactive ketones (excluding diaryl/α,β-unsaturated/α-hetero) is 1. The number of piperidine rings is 1. The minimum Gasteiger partial charge on any atom is -0.312 e. The molecule has 1 fully saturated rings. The number of benzene rings is 2. The van der Waals surface area contributed by atoms with Crippen molar-refractivity contribution in [2.24, 2.45) is 5.92 Å². The smallest absolute Gasteiger partial charge is 0.231 e. The number of rotatable bonds is 7. The molecule has 5 rings (SSSR count). The van der Waals surface area contributed by atoms with Crippen LogP contribution in [0.3, 0.4) is 0 Å². The highest BCUT2D eigenvalue weighted by Gasteiger charge is 2.33.